The molecule has 0 bridgehead atoms. The minimum Gasteiger partial charge on any atom is -0.391 e. The molecule has 1 saturated heterocycles. The van der Waals surface area contributed by atoms with Crippen LogP contribution >= 0.6 is 0 Å². The summed E-state index contributed by atoms with van der Waals surface area (Å²) in [6.07, 6.45) is 5.69. The van der Waals surface area contributed by atoms with Gasteiger partial charge in [0.25, 0.3) is 0 Å². The monoisotopic (exact) mass is 199 g/mol. The molecular formula is C12H25NO. The second-order valence-corrected chi connectivity index (χ2v) is 5.74. The topological polar surface area (TPSA) is 32.3 Å². The maximum Gasteiger partial charge on any atom is 0.0698 e. The van der Waals surface area contributed by atoms with E-state index in [0.29, 0.717) is 6.04 Å². The highest BCUT2D eigenvalue weighted by Crippen LogP contribution is 2.24. The molecule has 0 radical (unpaired) electrons. The van der Waals surface area contributed by atoms with Crippen molar-refractivity contribution in [1.29, 1.82) is 0 Å². The average molecular weight is 199 g/mol. The Morgan fingerprint density at radius 1 is 1.29 bits per heavy atom. The van der Waals surface area contributed by atoms with Crippen molar-refractivity contribution < 1.29 is 5.11 Å². The summed E-state index contributed by atoms with van der Waals surface area (Å²) >= 11 is 0. The largest absolute Gasteiger partial charge is 0.391 e. The van der Waals surface area contributed by atoms with Crippen LogP contribution in [0.3, 0.4) is 0 Å². The highest BCUT2D eigenvalue weighted by Gasteiger charge is 2.24. The van der Waals surface area contributed by atoms with Crippen molar-refractivity contribution in [3.8, 4) is 0 Å². The third kappa shape index (κ3) is 4.43. The predicted octanol–water partition coefficient (Wildman–Crippen LogP) is 2.32. The molecule has 84 valence electrons. The molecule has 0 spiro atoms. The molecule has 0 aromatic carbocycles. The lowest BCUT2D eigenvalue weighted by atomic mass is 9.86. The summed E-state index contributed by atoms with van der Waals surface area (Å²) in [5.41, 5.74) is 0.230. The van der Waals surface area contributed by atoms with Gasteiger partial charge in [0.2, 0.25) is 0 Å². The Morgan fingerprint density at radius 3 is 2.64 bits per heavy atom. The first-order valence-electron chi connectivity index (χ1n) is 5.90. The summed E-state index contributed by atoms with van der Waals surface area (Å²) in [7, 11) is 0. The third-order valence-corrected chi connectivity index (χ3v) is 2.88. The van der Waals surface area contributed by atoms with Crippen LogP contribution in [-0.4, -0.2) is 23.8 Å². The zero-order valence-corrected chi connectivity index (χ0v) is 9.84. The third-order valence-electron chi connectivity index (χ3n) is 2.88. The van der Waals surface area contributed by atoms with Gasteiger partial charge in [-0.25, -0.2) is 0 Å². The molecule has 0 aliphatic carbocycles. The van der Waals surface area contributed by atoms with E-state index in [1.54, 1.807) is 0 Å². The van der Waals surface area contributed by atoms with Crippen molar-refractivity contribution in [2.75, 3.05) is 6.54 Å². The van der Waals surface area contributed by atoms with Gasteiger partial charge < -0.3 is 10.4 Å². The van der Waals surface area contributed by atoms with Gasteiger partial charge in [0.1, 0.15) is 0 Å². The fraction of sp³-hybridized carbons (Fsp3) is 1.00. The van der Waals surface area contributed by atoms with Crippen molar-refractivity contribution in [1.82, 2.24) is 5.32 Å². The second-order valence-electron chi connectivity index (χ2n) is 5.74. The summed E-state index contributed by atoms with van der Waals surface area (Å²) in [5, 5.41) is 13.5. The fourth-order valence-electron chi connectivity index (χ4n) is 2.15. The van der Waals surface area contributed by atoms with Crippen molar-refractivity contribution in [3.05, 3.63) is 0 Å². The van der Waals surface area contributed by atoms with Crippen LogP contribution in [0, 0.1) is 5.41 Å². The maximum atomic E-state index is 10.1. The quantitative estimate of drug-likeness (QED) is 0.715. The molecule has 0 saturated carbocycles. The molecule has 2 unspecified atom stereocenters. The highest BCUT2D eigenvalue weighted by molar-refractivity contribution is 4.81. The standard InChI is InChI=1S/C12H25NO/c1-12(2,3)9-11(14)10-7-5-4-6-8-13-10/h10-11,13-14H,4-9H2,1-3H3. The molecular weight excluding hydrogens is 174 g/mol. The van der Waals surface area contributed by atoms with Gasteiger partial charge in [-0.2, -0.15) is 0 Å². The molecule has 1 fully saturated rings. The molecule has 0 aromatic rings. The first kappa shape index (κ1) is 12.0. The Kier molecular flexibility index (Phi) is 4.39. The van der Waals surface area contributed by atoms with Crippen molar-refractivity contribution in [2.45, 2.75) is 65.0 Å². The Hall–Kier alpha value is -0.0800. The lowest BCUT2D eigenvalue weighted by Gasteiger charge is -2.28. The van der Waals surface area contributed by atoms with Gasteiger partial charge in [-0.05, 0) is 31.2 Å². The molecule has 1 heterocycles. The lowest BCUT2D eigenvalue weighted by molar-refractivity contribution is 0.0817. The van der Waals surface area contributed by atoms with Crippen LogP contribution < -0.4 is 5.32 Å². The first-order chi connectivity index (χ1) is 6.49. The van der Waals surface area contributed by atoms with E-state index in [0.717, 1.165) is 19.4 Å². The Labute approximate surface area is 88.1 Å². The van der Waals surface area contributed by atoms with E-state index in [4.69, 9.17) is 0 Å². The van der Waals surface area contributed by atoms with E-state index in [2.05, 4.69) is 26.1 Å². The summed E-state index contributed by atoms with van der Waals surface area (Å²) < 4.78 is 0. The Bertz CT molecular complexity index is 154. The number of aliphatic hydroxyl groups excluding tert-OH is 1. The van der Waals surface area contributed by atoms with Gasteiger partial charge in [0, 0.05) is 6.04 Å². The van der Waals surface area contributed by atoms with Crippen LogP contribution in [0.4, 0.5) is 0 Å². The molecule has 2 heteroatoms. The van der Waals surface area contributed by atoms with Gasteiger partial charge >= 0.3 is 0 Å². The SMILES string of the molecule is CC(C)(C)CC(O)C1CCCCCN1. The minimum atomic E-state index is -0.173. The minimum absolute atomic E-state index is 0.173. The predicted molar refractivity (Wildman–Crippen MR) is 60.3 cm³/mol. The van der Waals surface area contributed by atoms with Crippen LogP contribution in [0.25, 0.3) is 0 Å². The van der Waals surface area contributed by atoms with E-state index in [-0.39, 0.29) is 11.5 Å². The molecule has 0 aromatic heterocycles. The molecule has 1 aliphatic heterocycles. The van der Waals surface area contributed by atoms with Crippen LogP contribution in [0.1, 0.15) is 52.9 Å². The van der Waals surface area contributed by atoms with Crippen molar-refractivity contribution in [2.24, 2.45) is 5.41 Å². The first-order valence-corrected chi connectivity index (χ1v) is 5.90. The van der Waals surface area contributed by atoms with E-state index < -0.39 is 0 Å². The number of nitrogens with one attached hydrogen (secondary N) is 1. The lowest BCUT2D eigenvalue weighted by Crippen LogP contribution is -2.41. The van der Waals surface area contributed by atoms with E-state index in [9.17, 15) is 5.11 Å². The Morgan fingerprint density at radius 2 is 2.00 bits per heavy atom. The van der Waals surface area contributed by atoms with E-state index in [1.807, 2.05) is 0 Å². The van der Waals surface area contributed by atoms with Gasteiger partial charge in [-0.3, -0.25) is 0 Å². The number of rotatable bonds is 2. The molecule has 2 atom stereocenters. The molecule has 0 amide bonds. The molecule has 1 aliphatic rings. The fourth-order valence-corrected chi connectivity index (χ4v) is 2.15. The van der Waals surface area contributed by atoms with Crippen molar-refractivity contribution in [3.63, 3.8) is 0 Å². The van der Waals surface area contributed by atoms with Crippen molar-refractivity contribution >= 4 is 0 Å². The summed E-state index contributed by atoms with van der Waals surface area (Å²) in [6, 6.07) is 0.330. The Balaban J connectivity index is 2.37. The van der Waals surface area contributed by atoms with Crippen LogP contribution in [0.5, 0.6) is 0 Å². The van der Waals surface area contributed by atoms with Gasteiger partial charge in [0.05, 0.1) is 6.10 Å². The number of aliphatic hydroxyl groups is 1. The molecule has 2 nitrogen and oxygen atoms in total. The summed E-state index contributed by atoms with van der Waals surface area (Å²) in [4.78, 5) is 0. The van der Waals surface area contributed by atoms with Crippen LogP contribution in [0.2, 0.25) is 0 Å². The summed E-state index contributed by atoms with van der Waals surface area (Å²) in [6.45, 7) is 7.64. The molecule has 14 heavy (non-hydrogen) atoms. The highest BCUT2D eigenvalue weighted by atomic mass is 16.3. The van der Waals surface area contributed by atoms with Gasteiger partial charge in [-0.15, -0.1) is 0 Å². The van der Waals surface area contributed by atoms with E-state index >= 15 is 0 Å². The van der Waals surface area contributed by atoms with Crippen LogP contribution in [-0.2, 0) is 0 Å². The van der Waals surface area contributed by atoms with Gasteiger partial charge in [-0.1, -0.05) is 33.6 Å². The molecule has 2 N–H and O–H groups in total. The molecule has 1 rings (SSSR count). The maximum absolute atomic E-state index is 10.1. The van der Waals surface area contributed by atoms with Gasteiger partial charge in [0.15, 0.2) is 0 Å². The number of hydrogen-bond acceptors (Lipinski definition) is 2. The average Bonchev–Trinajstić information content (AvgIpc) is 2.27. The summed E-state index contributed by atoms with van der Waals surface area (Å²) in [5.74, 6) is 0. The smallest absolute Gasteiger partial charge is 0.0698 e. The zero-order chi connectivity index (χ0) is 10.6. The van der Waals surface area contributed by atoms with Crippen LogP contribution in [0.15, 0.2) is 0 Å². The van der Waals surface area contributed by atoms with E-state index in [1.165, 1.54) is 19.3 Å². The normalized spacial score (nSPS) is 27.0. The number of hydrogen-bond donors (Lipinski definition) is 2. The second kappa shape index (κ2) is 5.13. The zero-order valence-electron chi connectivity index (χ0n) is 9.84.